The van der Waals surface area contributed by atoms with E-state index in [4.69, 9.17) is 5.73 Å². The van der Waals surface area contributed by atoms with Gasteiger partial charge in [-0.1, -0.05) is 0 Å². The van der Waals surface area contributed by atoms with Gasteiger partial charge in [0, 0.05) is 0 Å². The highest BCUT2D eigenvalue weighted by Gasteiger charge is 2.20. The van der Waals surface area contributed by atoms with Gasteiger partial charge in [-0.25, -0.2) is 4.99 Å². The molecule has 1 unspecified atom stereocenters. The number of nitrogens with zero attached hydrogens (tertiary/aromatic N) is 3. The van der Waals surface area contributed by atoms with Crippen molar-refractivity contribution in [3.63, 3.8) is 0 Å². The molecule has 0 aromatic heterocycles. The molecule has 0 bridgehead atoms. The number of aliphatic imine (C=N–C) groups is 1. The van der Waals surface area contributed by atoms with Crippen molar-refractivity contribution in [2.75, 3.05) is 0 Å². The Morgan fingerprint density at radius 2 is 2.38 bits per heavy atom. The average molecular weight is 130 g/mol. The Morgan fingerprint density at radius 3 is 2.50 bits per heavy atom. The van der Waals surface area contributed by atoms with Crippen LogP contribution in [0.5, 0.6) is 0 Å². The van der Waals surface area contributed by atoms with Crippen LogP contribution in [0.25, 0.3) is 0 Å². The highest BCUT2D eigenvalue weighted by molar-refractivity contribution is 7.81. The molecule has 1 heterocycles. The van der Waals surface area contributed by atoms with Crippen LogP contribution in [0.4, 0.5) is 0 Å². The number of thiol groups is 1. The molecule has 5 heteroatoms. The summed E-state index contributed by atoms with van der Waals surface area (Å²) in [5.41, 5.74) is 5.28. The highest BCUT2D eigenvalue weighted by Crippen LogP contribution is 2.16. The van der Waals surface area contributed by atoms with Crippen molar-refractivity contribution in [2.45, 2.75) is 12.0 Å². The molecule has 0 amide bonds. The van der Waals surface area contributed by atoms with Crippen molar-refractivity contribution in [3.8, 4) is 0 Å². The first-order valence-electron chi connectivity index (χ1n) is 2.11. The molecule has 4 nitrogen and oxygen atoms in total. The number of amidine groups is 1. The lowest BCUT2D eigenvalue weighted by atomic mass is 10.7. The average Bonchev–Trinajstić information content (AvgIpc) is 1.82. The number of rotatable bonds is 0. The van der Waals surface area contributed by atoms with Crippen molar-refractivity contribution in [1.29, 1.82) is 0 Å². The van der Waals surface area contributed by atoms with Gasteiger partial charge in [0.15, 0.2) is 0 Å². The van der Waals surface area contributed by atoms with E-state index in [1.54, 1.807) is 6.92 Å². The molecule has 0 saturated heterocycles. The first-order valence-corrected chi connectivity index (χ1v) is 2.55. The summed E-state index contributed by atoms with van der Waals surface area (Å²) >= 11 is 3.84. The largest absolute Gasteiger partial charge is 0.278 e. The molecule has 0 fully saturated rings. The molecule has 0 aliphatic carbocycles. The Morgan fingerprint density at radius 1 is 1.75 bits per heavy atom. The van der Waals surface area contributed by atoms with E-state index < -0.39 is 5.12 Å². The molecular weight excluding hydrogens is 124 g/mol. The molecule has 44 valence electrons. The summed E-state index contributed by atoms with van der Waals surface area (Å²) in [6.07, 6.45) is 0. The third-order valence-electron chi connectivity index (χ3n) is 0.668. The fourth-order valence-corrected chi connectivity index (χ4v) is 0.618. The molecule has 1 aliphatic heterocycles. The minimum absolute atomic E-state index is 0.572. The van der Waals surface area contributed by atoms with Gasteiger partial charge < -0.3 is 0 Å². The fourth-order valence-electron chi connectivity index (χ4n) is 0.429. The zero-order chi connectivity index (χ0) is 6.20. The molecule has 8 heavy (non-hydrogen) atoms. The molecule has 0 spiro atoms. The Bertz CT molecular complexity index is 159. The number of hydrogen-bond donors (Lipinski definition) is 2. The maximum Gasteiger partial charge on any atom is 0.270 e. The van der Waals surface area contributed by atoms with Crippen LogP contribution in [0.15, 0.2) is 15.2 Å². The Balaban J connectivity index is 2.84. The summed E-state index contributed by atoms with van der Waals surface area (Å²) in [6, 6.07) is 0. The van der Waals surface area contributed by atoms with Gasteiger partial charge in [-0.3, -0.25) is 5.73 Å². The van der Waals surface area contributed by atoms with Crippen molar-refractivity contribution in [1.82, 2.24) is 0 Å². The maximum atomic E-state index is 5.28. The Hall–Kier alpha value is -0.420. The summed E-state index contributed by atoms with van der Waals surface area (Å²) in [5.74, 6) is 0.572. The smallest absolute Gasteiger partial charge is 0.270 e. The van der Waals surface area contributed by atoms with E-state index in [2.05, 4.69) is 27.8 Å². The first-order chi connectivity index (χ1) is 3.60. The van der Waals surface area contributed by atoms with Gasteiger partial charge in [0.25, 0.3) is 5.12 Å². The van der Waals surface area contributed by atoms with E-state index >= 15 is 0 Å². The number of nitrogens with two attached hydrogens (primary N) is 1. The highest BCUT2D eigenvalue weighted by atomic mass is 32.1. The summed E-state index contributed by atoms with van der Waals surface area (Å²) < 4.78 is 0. The first kappa shape index (κ1) is 5.71. The zero-order valence-electron chi connectivity index (χ0n) is 4.37. The van der Waals surface area contributed by atoms with E-state index in [1.807, 2.05) is 0 Å². The van der Waals surface area contributed by atoms with Gasteiger partial charge in [-0.15, -0.1) is 22.9 Å². The molecule has 0 aromatic carbocycles. The van der Waals surface area contributed by atoms with Crippen LogP contribution in [-0.2, 0) is 0 Å². The van der Waals surface area contributed by atoms with Gasteiger partial charge in [0.05, 0.1) is 0 Å². The van der Waals surface area contributed by atoms with Gasteiger partial charge >= 0.3 is 0 Å². The van der Waals surface area contributed by atoms with Crippen molar-refractivity contribution in [2.24, 2.45) is 21.0 Å². The van der Waals surface area contributed by atoms with E-state index in [1.165, 1.54) is 0 Å². The summed E-state index contributed by atoms with van der Waals surface area (Å²) in [7, 11) is 0. The van der Waals surface area contributed by atoms with E-state index in [9.17, 15) is 0 Å². The zero-order valence-corrected chi connectivity index (χ0v) is 5.26. The summed E-state index contributed by atoms with van der Waals surface area (Å²) in [4.78, 5) is 3.75. The monoisotopic (exact) mass is 130 g/mol. The SMILES string of the molecule is CC1=NC(N)(S)N=N1. The lowest BCUT2D eigenvalue weighted by Gasteiger charge is -2.02. The number of azo groups is 1. The second-order valence-corrected chi connectivity index (χ2v) is 2.20. The van der Waals surface area contributed by atoms with Gasteiger partial charge in [-0.05, 0) is 6.92 Å². The minimum Gasteiger partial charge on any atom is -0.278 e. The maximum absolute atomic E-state index is 5.28. The lowest BCUT2D eigenvalue weighted by molar-refractivity contribution is 0.687. The molecule has 0 aromatic rings. The molecule has 2 N–H and O–H groups in total. The van der Waals surface area contributed by atoms with Crippen LogP contribution in [0, 0.1) is 0 Å². The lowest BCUT2D eigenvalue weighted by Crippen LogP contribution is -2.25. The van der Waals surface area contributed by atoms with Crippen LogP contribution >= 0.6 is 12.6 Å². The predicted molar refractivity (Wildman–Crippen MR) is 33.9 cm³/mol. The molecule has 1 aliphatic rings. The van der Waals surface area contributed by atoms with Crippen molar-refractivity contribution >= 4 is 18.5 Å². The topological polar surface area (TPSA) is 63.1 Å². The molecular formula is C3H6N4S. The Labute approximate surface area is 52.3 Å². The normalized spacial score (nSPS) is 35.6. The van der Waals surface area contributed by atoms with Crippen LogP contribution in [0.1, 0.15) is 6.92 Å². The van der Waals surface area contributed by atoms with Crippen molar-refractivity contribution < 1.29 is 0 Å². The van der Waals surface area contributed by atoms with Crippen LogP contribution in [0.2, 0.25) is 0 Å². The summed E-state index contributed by atoms with van der Waals surface area (Å²) in [5, 5.41) is 5.98. The van der Waals surface area contributed by atoms with Gasteiger partial charge in [0.1, 0.15) is 5.84 Å². The van der Waals surface area contributed by atoms with E-state index in [0.717, 1.165) is 0 Å². The second-order valence-electron chi connectivity index (χ2n) is 1.55. The van der Waals surface area contributed by atoms with Crippen molar-refractivity contribution in [3.05, 3.63) is 0 Å². The Kier molecular flexibility index (Phi) is 1.09. The second kappa shape index (κ2) is 1.53. The standard InChI is InChI=1S/C3H6N4S/c1-2-5-3(4,8)7-6-2/h8H,4H2,1H3. The van der Waals surface area contributed by atoms with Crippen LogP contribution in [-0.4, -0.2) is 11.0 Å². The third kappa shape index (κ3) is 1.05. The van der Waals surface area contributed by atoms with Crippen LogP contribution < -0.4 is 5.73 Å². The molecule has 1 atom stereocenters. The fraction of sp³-hybridized carbons (Fsp3) is 0.667. The number of hydrogen-bond acceptors (Lipinski definition) is 5. The third-order valence-corrected chi connectivity index (χ3v) is 0.858. The summed E-state index contributed by atoms with van der Waals surface area (Å²) in [6.45, 7) is 1.72. The predicted octanol–water partition coefficient (Wildman–Crippen LogP) is 0.370. The minimum atomic E-state index is -1.09. The van der Waals surface area contributed by atoms with E-state index in [0.29, 0.717) is 5.84 Å². The van der Waals surface area contributed by atoms with Gasteiger partial charge in [-0.2, -0.15) is 0 Å². The molecule has 1 rings (SSSR count). The van der Waals surface area contributed by atoms with E-state index in [-0.39, 0.29) is 0 Å². The molecule has 0 radical (unpaired) electrons. The quantitative estimate of drug-likeness (QED) is 0.361. The van der Waals surface area contributed by atoms with Gasteiger partial charge in [0.2, 0.25) is 0 Å². The van der Waals surface area contributed by atoms with Crippen LogP contribution in [0.3, 0.4) is 0 Å². The molecule has 0 saturated carbocycles.